The zero-order valence-corrected chi connectivity index (χ0v) is 18.2. The molecule has 0 atom stereocenters. The lowest BCUT2D eigenvalue weighted by Crippen LogP contribution is -2.50. The Balaban J connectivity index is 1.36. The molecule has 0 bridgehead atoms. The van der Waals surface area contributed by atoms with Gasteiger partial charge in [-0.2, -0.15) is 5.10 Å². The third-order valence-electron chi connectivity index (χ3n) is 5.69. The van der Waals surface area contributed by atoms with Crippen LogP contribution in [0.5, 0.6) is 0 Å². The number of furan rings is 1. The van der Waals surface area contributed by atoms with Crippen LogP contribution in [0.3, 0.4) is 0 Å². The summed E-state index contributed by atoms with van der Waals surface area (Å²) < 4.78 is 7.14. The number of aryl methyl sites for hydroxylation is 2. The van der Waals surface area contributed by atoms with Crippen molar-refractivity contribution in [1.29, 1.82) is 0 Å². The summed E-state index contributed by atoms with van der Waals surface area (Å²) in [6.45, 7) is 6.02. The quantitative estimate of drug-likeness (QED) is 0.490. The third-order valence-corrected chi connectivity index (χ3v) is 6.78. The standard InChI is InChI=1S/C23H22N4O3S/c1-15-6-3-4-7-18(15)27-23-17(16(2)24-27)14-20(31-23)22(29)26-11-9-25(10-12-26)21(28)19-8-5-13-30-19/h3-8,13-14H,9-12H2,1-2H3. The number of nitrogens with zero attached hydrogens (tertiary/aromatic N) is 4. The van der Waals surface area contributed by atoms with Crippen molar-refractivity contribution in [1.82, 2.24) is 19.6 Å². The largest absolute Gasteiger partial charge is 0.459 e. The highest BCUT2D eigenvalue weighted by Crippen LogP contribution is 2.32. The normalized spacial score (nSPS) is 14.4. The van der Waals surface area contributed by atoms with E-state index in [0.717, 1.165) is 27.2 Å². The molecule has 1 saturated heterocycles. The second-order valence-electron chi connectivity index (χ2n) is 7.67. The van der Waals surface area contributed by atoms with Crippen LogP contribution in [0.15, 0.2) is 53.1 Å². The fourth-order valence-corrected chi connectivity index (χ4v) is 5.09. The monoisotopic (exact) mass is 434 g/mol. The van der Waals surface area contributed by atoms with Crippen LogP contribution in [-0.4, -0.2) is 57.6 Å². The minimum Gasteiger partial charge on any atom is -0.459 e. The van der Waals surface area contributed by atoms with Gasteiger partial charge in [0, 0.05) is 31.6 Å². The van der Waals surface area contributed by atoms with Crippen LogP contribution >= 0.6 is 11.3 Å². The van der Waals surface area contributed by atoms with Gasteiger partial charge in [-0.1, -0.05) is 18.2 Å². The zero-order valence-electron chi connectivity index (χ0n) is 17.4. The second-order valence-corrected chi connectivity index (χ2v) is 8.71. The van der Waals surface area contributed by atoms with Crippen LogP contribution in [0.2, 0.25) is 0 Å². The summed E-state index contributed by atoms with van der Waals surface area (Å²) in [7, 11) is 0. The first kappa shape index (κ1) is 19.6. The fraction of sp³-hybridized carbons (Fsp3) is 0.261. The molecule has 0 aliphatic carbocycles. The number of rotatable bonds is 3. The molecule has 158 valence electrons. The molecule has 0 spiro atoms. The lowest BCUT2D eigenvalue weighted by molar-refractivity contribution is 0.0520. The number of benzene rings is 1. The summed E-state index contributed by atoms with van der Waals surface area (Å²) in [4.78, 5) is 30.9. The van der Waals surface area contributed by atoms with E-state index in [4.69, 9.17) is 9.52 Å². The molecule has 0 N–H and O–H groups in total. The highest BCUT2D eigenvalue weighted by Gasteiger charge is 2.28. The topological polar surface area (TPSA) is 71.6 Å². The van der Waals surface area contributed by atoms with E-state index in [1.807, 2.05) is 40.8 Å². The van der Waals surface area contributed by atoms with Crippen molar-refractivity contribution >= 4 is 33.4 Å². The number of carbonyl (C=O) groups excluding carboxylic acids is 2. The van der Waals surface area contributed by atoms with E-state index in [-0.39, 0.29) is 11.8 Å². The highest BCUT2D eigenvalue weighted by molar-refractivity contribution is 7.20. The van der Waals surface area contributed by atoms with Crippen molar-refractivity contribution < 1.29 is 14.0 Å². The third kappa shape index (κ3) is 3.42. The van der Waals surface area contributed by atoms with Gasteiger partial charge in [0.05, 0.1) is 22.5 Å². The number of amides is 2. The SMILES string of the molecule is Cc1ccccc1-n1nc(C)c2cc(C(=O)N3CCN(C(=O)c4ccco4)CC3)sc21. The first-order chi connectivity index (χ1) is 15.0. The van der Waals surface area contributed by atoms with Gasteiger partial charge >= 0.3 is 0 Å². The van der Waals surface area contributed by atoms with Gasteiger partial charge in [-0.3, -0.25) is 9.59 Å². The number of fused-ring (bicyclic) bond motifs is 1. The van der Waals surface area contributed by atoms with Crippen LogP contribution in [-0.2, 0) is 0 Å². The number of hydrogen-bond donors (Lipinski definition) is 0. The van der Waals surface area contributed by atoms with Crippen molar-refractivity contribution in [3.63, 3.8) is 0 Å². The number of carbonyl (C=O) groups is 2. The van der Waals surface area contributed by atoms with E-state index in [0.29, 0.717) is 36.8 Å². The Labute approximate surface area is 183 Å². The molecule has 1 aliphatic heterocycles. The maximum atomic E-state index is 13.2. The van der Waals surface area contributed by atoms with E-state index in [9.17, 15) is 9.59 Å². The smallest absolute Gasteiger partial charge is 0.289 e. The van der Waals surface area contributed by atoms with Crippen molar-refractivity contribution in [2.45, 2.75) is 13.8 Å². The zero-order chi connectivity index (χ0) is 21.5. The summed E-state index contributed by atoms with van der Waals surface area (Å²) in [6, 6.07) is 13.4. The molecule has 0 saturated carbocycles. The Bertz CT molecular complexity index is 1260. The van der Waals surface area contributed by atoms with E-state index in [1.54, 1.807) is 17.0 Å². The van der Waals surface area contributed by atoms with Crippen molar-refractivity contribution in [3.05, 3.63) is 70.6 Å². The maximum Gasteiger partial charge on any atom is 0.289 e. The Morgan fingerprint density at radius 3 is 2.35 bits per heavy atom. The van der Waals surface area contributed by atoms with Gasteiger partial charge < -0.3 is 14.2 Å². The highest BCUT2D eigenvalue weighted by atomic mass is 32.1. The Morgan fingerprint density at radius 1 is 0.968 bits per heavy atom. The molecule has 1 aromatic carbocycles. The van der Waals surface area contributed by atoms with Crippen LogP contribution in [0.4, 0.5) is 0 Å². The lowest BCUT2D eigenvalue weighted by atomic mass is 10.2. The fourth-order valence-electron chi connectivity index (χ4n) is 3.94. The number of piperazine rings is 1. The van der Waals surface area contributed by atoms with Crippen LogP contribution in [0.1, 0.15) is 31.5 Å². The first-order valence-corrected chi connectivity index (χ1v) is 11.0. The summed E-state index contributed by atoms with van der Waals surface area (Å²) >= 11 is 1.47. The second kappa shape index (κ2) is 7.70. The molecule has 0 unspecified atom stereocenters. The molecule has 4 aromatic rings. The first-order valence-electron chi connectivity index (χ1n) is 10.2. The van der Waals surface area contributed by atoms with E-state index >= 15 is 0 Å². The van der Waals surface area contributed by atoms with Gasteiger partial charge in [-0.15, -0.1) is 11.3 Å². The average Bonchev–Trinajstić information content (AvgIpc) is 3.52. The predicted molar refractivity (Wildman–Crippen MR) is 119 cm³/mol. The number of thiophene rings is 1. The molecule has 4 heterocycles. The minimum atomic E-state index is -0.132. The predicted octanol–water partition coefficient (Wildman–Crippen LogP) is 3.90. The molecule has 1 fully saturated rings. The number of hydrogen-bond acceptors (Lipinski definition) is 5. The molecule has 0 radical (unpaired) electrons. The van der Waals surface area contributed by atoms with Gasteiger partial charge in [0.25, 0.3) is 11.8 Å². The minimum absolute atomic E-state index is 0.00188. The number of aromatic nitrogens is 2. The molecular weight excluding hydrogens is 412 g/mol. The summed E-state index contributed by atoms with van der Waals surface area (Å²) in [6.07, 6.45) is 1.49. The Morgan fingerprint density at radius 2 is 1.68 bits per heavy atom. The lowest BCUT2D eigenvalue weighted by Gasteiger charge is -2.34. The number of para-hydroxylation sites is 1. The molecular formula is C23H22N4O3S. The summed E-state index contributed by atoms with van der Waals surface area (Å²) in [5.74, 6) is 0.204. The summed E-state index contributed by atoms with van der Waals surface area (Å²) in [5, 5.41) is 5.70. The van der Waals surface area contributed by atoms with Crippen molar-refractivity contribution in [2.24, 2.45) is 0 Å². The molecule has 7 nitrogen and oxygen atoms in total. The van der Waals surface area contributed by atoms with E-state index in [2.05, 4.69) is 13.0 Å². The van der Waals surface area contributed by atoms with Gasteiger partial charge in [-0.25, -0.2) is 4.68 Å². The van der Waals surface area contributed by atoms with Crippen LogP contribution in [0, 0.1) is 13.8 Å². The van der Waals surface area contributed by atoms with Gasteiger partial charge in [0.15, 0.2) is 5.76 Å². The molecule has 2 amide bonds. The Kier molecular flexibility index (Phi) is 4.86. The van der Waals surface area contributed by atoms with Crippen LogP contribution in [0.25, 0.3) is 15.9 Å². The van der Waals surface area contributed by atoms with E-state index < -0.39 is 0 Å². The summed E-state index contributed by atoms with van der Waals surface area (Å²) in [5.41, 5.74) is 3.06. The van der Waals surface area contributed by atoms with Crippen molar-refractivity contribution in [2.75, 3.05) is 26.2 Å². The van der Waals surface area contributed by atoms with Gasteiger partial charge in [0.1, 0.15) is 4.83 Å². The van der Waals surface area contributed by atoms with Crippen LogP contribution < -0.4 is 0 Å². The van der Waals surface area contributed by atoms with Gasteiger partial charge in [0.2, 0.25) is 0 Å². The maximum absolute atomic E-state index is 13.2. The average molecular weight is 435 g/mol. The van der Waals surface area contributed by atoms with Gasteiger partial charge in [-0.05, 0) is 43.7 Å². The Hall–Kier alpha value is -3.39. The van der Waals surface area contributed by atoms with Crippen molar-refractivity contribution in [3.8, 4) is 5.69 Å². The molecule has 3 aromatic heterocycles. The van der Waals surface area contributed by atoms with E-state index in [1.165, 1.54) is 17.6 Å². The molecule has 8 heteroatoms. The molecule has 5 rings (SSSR count). The molecule has 1 aliphatic rings. The molecule has 31 heavy (non-hydrogen) atoms.